The molecule has 4 aliphatic heterocycles. The number of allylic oxidation sites excluding steroid dienone is 1. The lowest BCUT2D eigenvalue weighted by Gasteiger charge is -2.32. The number of carbonyl (C=O) groups is 7. The first-order valence-electron chi connectivity index (χ1n) is 34.4. The highest BCUT2D eigenvalue weighted by atomic mass is 16.6. The van der Waals surface area contributed by atoms with Gasteiger partial charge in [0.1, 0.15) is 48.0 Å². The second-order valence-corrected chi connectivity index (χ2v) is 27.5. The Labute approximate surface area is 573 Å². The standard InChI is InChI=1S/C78H90N6O14/c1-49(60-41-58(85)28-29-67(60)86)97-74(89)31-30-73(88)82-81-63(52-19-9-8-10-20-52)25-17-18-34-79-72(87)32-33-77(2,3)96-48-78(4,5)98-59-36-50(46-94-70-40-53-21-11-14-24-56-38-54-22-12-15-26-65(54)83(56)75(90)61(53)42-68(70)92-6)35-51(37-59)47-95-71-44-64-62(43-69(71)93-7)76(91)84-57(45-80-64)39-55-23-13-16-27-66(55)84/h8-10,12-13,15-16,19-20,22-23,26-27,35-37,40,42-43,45,49,56-57,60,64H,11,14,17-18,21,24-25,28-34,38-39,41,44,46-48H2,1-7H3,(H,79,87)(H,82,88). The van der Waals surface area contributed by atoms with E-state index in [0.29, 0.717) is 97.1 Å². The minimum Gasteiger partial charge on any atom is -0.493 e. The number of esters is 1. The molecule has 0 saturated heterocycles. The second kappa shape index (κ2) is 31.4. The Hall–Kier alpha value is -9.43. The van der Waals surface area contributed by atoms with Gasteiger partial charge in [-0.15, -0.1) is 0 Å². The van der Waals surface area contributed by atoms with Gasteiger partial charge in [-0.25, -0.2) is 5.43 Å². The fraction of sp³-hybridized carbons (Fsp3) is 0.449. The van der Waals surface area contributed by atoms with Crippen LogP contribution in [0.3, 0.4) is 0 Å². The number of hydrazone groups is 1. The van der Waals surface area contributed by atoms with Gasteiger partial charge in [0, 0.05) is 86.3 Å². The fourth-order valence-electron chi connectivity index (χ4n) is 13.8. The van der Waals surface area contributed by atoms with Crippen LogP contribution in [-0.4, -0.2) is 116 Å². The Morgan fingerprint density at radius 3 is 2.16 bits per heavy atom. The maximum Gasteiger partial charge on any atom is 0.306 e. The molecule has 2 aliphatic carbocycles. The number of fused-ring (bicyclic) bond motifs is 8. The molecule has 6 aliphatic rings. The Kier molecular flexibility index (Phi) is 22.4. The van der Waals surface area contributed by atoms with E-state index in [1.165, 1.54) is 5.56 Å². The Morgan fingerprint density at radius 1 is 0.684 bits per heavy atom. The molecular weight excluding hydrogens is 1240 g/mol. The maximum absolute atomic E-state index is 14.6. The SMILES string of the molecule is COC1=C(OCc2cc(COc3cc4c(cc3OC)C(=O)N3c5ccccc5CC3CCCC4)cc(OC(C)(C)COC(C)(C)CCC(=O)NCCCCC(=NNC(=O)CCC(=O)OC(C)C3CC(=O)CCC3=O)c3ccccc3)c2)CC2N=CC3Cc4ccccc4N3C(=O)C2=C1. The number of nitrogens with one attached hydrogen (secondary N) is 2. The number of benzene rings is 5. The molecule has 20 heteroatoms. The van der Waals surface area contributed by atoms with Crippen LogP contribution in [0.4, 0.5) is 11.4 Å². The van der Waals surface area contributed by atoms with Gasteiger partial charge >= 0.3 is 5.97 Å². The van der Waals surface area contributed by atoms with Crippen molar-refractivity contribution >= 4 is 64.5 Å². The summed E-state index contributed by atoms with van der Waals surface area (Å²) >= 11 is 0. The molecule has 5 atom stereocenters. The third-order valence-corrected chi connectivity index (χ3v) is 19.1. The maximum atomic E-state index is 14.6. The van der Waals surface area contributed by atoms with Crippen LogP contribution in [0.5, 0.6) is 17.2 Å². The van der Waals surface area contributed by atoms with E-state index in [0.717, 1.165) is 64.9 Å². The highest BCUT2D eigenvalue weighted by Gasteiger charge is 2.42. The number of nitrogens with zero attached hydrogens (tertiary/aromatic N) is 4. The van der Waals surface area contributed by atoms with Crippen LogP contribution < -0.4 is 34.8 Å². The smallest absolute Gasteiger partial charge is 0.306 e. The van der Waals surface area contributed by atoms with E-state index in [2.05, 4.69) is 28.0 Å². The zero-order valence-corrected chi connectivity index (χ0v) is 57.3. The molecule has 5 aromatic carbocycles. The summed E-state index contributed by atoms with van der Waals surface area (Å²) < 4.78 is 44.0. The van der Waals surface area contributed by atoms with Crippen molar-refractivity contribution in [2.75, 3.05) is 37.2 Å². The molecule has 516 valence electrons. The van der Waals surface area contributed by atoms with E-state index in [4.69, 9.17) is 38.2 Å². The van der Waals surface area contributed by atoms with Gasteiger partial charge in [-0.3, -0.25) is 43.5 Å². The number of Topliss-reactive ketones (excluding diaryl/α,β-unsaturated/α-hetero) is 2. The van der Waals surface area contributed by atoms with E-state index in [1.54, 1.807) is 27.2 Å². The highest BCUT2D eigenvalue weighted by Crippen LogP contribution is 2.42. The molecule has 2 N–H and O–H groups in total. The molecule has 11 rings (SSSR count). The summed E-state index contributed by atoms with van der Waals surface area (Å²) in [6, 6.07) is 34.7. The molecule has 0 spiro atoms. The number of carbonyl (C=O) groups excluding carboxylic acids is 7. The third-order valence-electron chi connectivity index (χ3n) is 19.1. The summed E-state index contributed by atoms with van der Waals surface area (Å²) in [5.74, 6) is 0.349. The van der Waals surface area contributed by atoms with Crippen molar-refractivity contribution in [2.45, 2.75) is 192 Å². The van der Waals surface area contributed by atoms with Crippen molar-refractivity contribution < 1.29 is 66.7 Å². The molecule has 98 heavy (non-hydrogen) atoms. The normalized spacial score (nSPS) is 19.4. The van der Waals surface area contributed by atoms with Crippen molar-refractivity contribution in [3.63, 3.8) is 0 Å². The fourth-order valence-corrected chi connectivity index (χ4v) is 13.8. The summed E-state index contributed by atoms with van der Waals surface area (Å²) in [5.41, 5.74) is 10.2. The van der Waals surface area contributed by atoms with Crippen molar-refractivity contribution in [2.24, 2.45) is 16.0 Å². The van der Waals surface area contributed by atoms with Crippen molar-refractivity contribution in [3.8, 4) is 17.2 Å². The predicted molar refractivity (Wildman–Crippen MR) is 371 cm³/mol. The zero-order valence-electron chi connectivity index (χ0n) is 57.3. The van der Waals surface area contributed by atoms with E-state index < -0.39 is 41.1 Å². The van der Waals surface area contributed by atoms with Crippen LogP contribution in [0, 0.1) is 5.92 Å². The van der Waals surface area contributed by atoms with E-state index in [-0.39, 0.29) is 99.7 Å². The van der Waals surface area contributed by atoms with Gasteiger partial charge in [0.25, 0.3) is 11.8 Å². The first-order valence-corrected chi connectivity index (χ1v) is 34.4. The van der Waals surface area contributed by atoms with Crippen LogP contribution >= 0.6 is 0 Å². The molecule has 20 nitrogen and oxygen atoms in total. The van der Waals surface area contributed by atoms with Crippen LogP contribution in [0.15, 0.2) is 142 Å². The van der Waals surface area contributed by atoms with Crippen LogP contribution in [0.25, 0.3) is 0 Å². The van der Waals surface area contributed by atoms with E-state index in [9.17, 15) is 33.6 Å². The van der Waals surface area contributed by atoms with Gasteiger partial charge in [-0.1, -0.05) is 73.2 Å². The number of unbranched alkanes of at least 4 members (excludes halogenated alkanes) is 1. The summed E-state index contributed by atoms with van der Waals surface area (Å²) in [7, 11) is 3.15. The molecule has 0 radical (unpaired) electrons. The lowest BCUT2D eigenvalue weighted by Crippen LogP contribution is -2.39. The van der Waals surface area contributed by atoms with Crippen molar-refractivity contribution in [3.05, 3.63) is 171 Å². The largest absolute Gasteiger partial charge is 0.493 e. The average Bonchev–Trinajstić information content (AvgIpc) is 1.60. The topological polar surface area (TPSA) is 239 Å². The van der Waals surface area contributed by atoms with Crippen molar-refractivity contribution in [1.29, 1.82) is 0 Å². The molecule has 1 saturated carbocycles. The lowest BCUT2D eigenvalue weighted by atomic mass is 9.84. The molecule has 0 bridgehead atoms. The number of ketones is 2. The zero-order chi connectivity index (χ0) is 69.1. The molecule has 1 fully saturated rings. The predicted octanol–water partition coefficient (Wildman–Crippen LogP) is 11.9. The van der Waals surface area contributed by atoms with Gasteiger partial charge in [0.2, 0.25) is 11.8 Å². The van der Waals surface area contributed by atoms with Crippen molar-refractivity contribution in [1.82, 2.24) is 10.7 Å². The summed E-state index contributed by atoms with van der Waals surface area (Å²) in [4.78, 5) is 101. The van der Waals surface area contributed by atoms with E-state index >= 15 is 0 Å². The number of aryl methyl sites for hydroxylation is 1. The number of amides is 4. The summed E-state index contributed by atoms with van der Waals surface area (Å²) in [5, 5.41) is 7.46. The molecule has 4 amide bonds. The summed E-state index contributed by atoms with van der Waals surface area (Å²) in [6.45, 7) is 10.2. The highest BCUT2D eigenvalue weighted by molar-refractivity contribution is 6.12. The molecule has 4 heterocycles. The minimum atomic E-state index is -0.870. The number of anilines is 2. The van der Waals surface area contributed by atoms with Gasteiger partial charge in [-0.2, -0.15) is 5.10 Å². The minimum absolute atomic E-state index is 0.0309. The van der Waals surface area contributed by atoms with E-state index in [1.807, 2.05) is 141 Å². The molecular formula is C78H90N6O14. The number of para-hydroxylation sites is 2. The molecule has 0 aromatic heterocycles. The lowest BCUT2D eigenvalue weighted by molar-refractivity contribution is -0.155. The third kappa shape index (κ3) is 17.3. The first-order chi connectivity index (χ1) is 47.2. The molecule has 5 unspecified atom stereocenters. The Bertz CT molecular complexity index is 3950. The van der Waals surface area contributed by atoms with Crippen LogP contribution in [0.1, 0.15) is 168 Å². The monoisotopic (exact) mass is 1330 g/mol. The first kappa shape index (κ1) is 69.9. The number of rotatable bonds is 28. The van der Waals surface area contributed by atoms with Gasteiger partial charge in [-0.05, 0) is 168 Å². The average molecular weight is 1340 g/mol. The number of hydrogen-bond donors (Lipinski definition) is 2. The number of ether oxygens (including phenoxy) is 7. The Balaban J connectivity index is 0.709. The van der Waals surface area contributed by atoms with Gasteiger partial charge in [0.05, 0.1) is 56.6 Å². The summed E-state index contributed by atoms with van der Waals surface area (Å²) in [6.07, 6.45) is 10.8. The number of methoxy groups -OCH3 is 2. The van der Waals surface area contributed by atoms with Gasteiger partial charge < -0.3 is 43.4 Å². The molecule has 5 aromatic rings. The number of aliphatic imine (C=N–C) groups is 1. The quantitative estimate of drug-likeness (QED) is 0.0205. The number of hydrogen-bond acceptors (Lipinski definition) is 16. The second-order valence-electron chi connectivity index (χ2n) is 27.5. The van der Waals surface area contributed by atoms with Gasteiger partial charge in [0.15, 0.2) is 17.3 Å². The van der Waals surface area contributed by atoms with Crippen LogP contribution in [0.2, 0.25) is 0 Å². The Morgan fingerprint density at radius 2 is 1.41 bits per heavy atom. The van der Waals surface area contributed by atoms with Crippen LogP contribution in [-0.2, 0) is 80.2 Å².